The Bertz CT molecular complexity index is 4280. The molecule has 7 amide bonds. The van der Waals surface area contributed by atoms with Gasteiger partial charge in [0.25, 0.3) is 0 Å². The van der Waals surface area contributed by atoms with Crippen molar-refractivity contribution in [3.05, 3.63) is 77.2 Å². The van der Waals surface area contributed by atoms with E-state index in [2.05, 4.69) is 102 Å². The summed E-state index contributed by atoms with van der Waals surface area (Å²) >= 11 is 0. The minimum Gasteiger partial charge on any atom is -0.497 e. The zero-order chi connectivity index (χ0) is 113. The molecule has 32 nitrogen and oxygen atoms in total. The number of carbonyl (C=O) groups is 17. The molecule has 0 aliphatic carbocycles. The van der Waals surface area contributed by atoms with Gasteiger partial charge in [0.15, 0.2) is 38.8 Å². The molecule has 2 aromatic carbocycles. The topological polar surface area (TPSA) is 506 Å². The molecule has 0 radical (unpaired) electrons. The van der Waals surface area contributed by atoms with Crippen LogP contribution in [0.15, 0.2) is 66.1 Å². The smallest absolute Gasteiger partial charge is 0.224 e. The quantitative estimate of drug-likeness (QED) is 0.0274. The Labute approximate surface area is 877 Å². The van der Waals surface area contributed by atoms with Crippen molar-refractivity contribution >= 4 is 111 Å². The van der Waals surface area contributed by atoms with Gasteiger partial charge in [0.05, 0.1) is 61.5 Å². The van der Waals surface area contributed by atoms with E-state index in [1.54, 1.807) is 14.0 Å². The standard InChI is InChI=1S/C31H44N2O5S.2C22H42N2O3.C19H34N4O5.C19H34N2O4/c1-22(2)18-27(16-17-39(6,36)37)33-31(35)26(19-24-10-8-7-9-11-24)21-30(34)29(32-23(3)4)20-25-12-14-28(38-5)15-13-25;1-14(2)9-18(22(27)24-19(13-25)10-15(3)4)12-21(26)20(11-16(5)6)23-17(7)8;1-8-9-10-19(14-25)24-22(27)18(11-15(2)3)13-21(26)20(12-16(4)5)23-17(6)7;1-11(2)7-14(10-24)23-19(28)13(5-6-17(20)26)8-16(25)15(9-18(21)27)22-12(3)4;1-12(2)9-16(11-22)21-19(25)14(5)10-18(24)17(20-13(3)4)8-7-15(6)23/h7-17,22-23,26-27,29,32H,18-21H2,1-6H3,(H,33,35);13-20,23H,9-12H2,1-8H3,(H,24,27);14-20,23H,8-13H2,1-7H3,(H,24,27);10-15,22H,5-9H2,1-4H3,(H2,20,26)(H2,21,27)(H,23,28);11-14,16-17,20H,7-10H2,1-6H3,(H,21,25)/b17-16+;;;;/t26-,27-,29+;2*18-,19+,20+;13-,14+,15+;14-,16+,17+/m11111/s1. The van der Waals surface area contributed by atoms with Gasteiger partial charge in [-0.3, -0.25) is 57.5 Å². The molecule has 0 fully saturated rings. The van der Waals surface area contributed by atoms with Crippen molar-refractivity contribution in [3.63, 3.8) is 0 Å². The van der Waals surface area contributed by atoms with E-state index in [1.807, 2.05) is 193 Å². The number of ether oxygens (including phenoxy) is 1. The predicted octanol–water partition coefficient (Wildman–Crippen LogP) is 14.0. The number of rotatable bonds is 73. The second-order valence-electron chi connectivity index (χ2n) is 44.5. The molecule has 33 heteroatoms. The molecule has 0 heterocycles. The summed E-state index contributed by atoms with van der Waals surface area (Å²) in [6.07, 6.45) is 15.1. The summed E-state index contributed by atoms with van der Waals surface area (Å²) in [5, 5.41) is 31.4. The number of hydrogen-bond acceptors (Lipinski definition) is 25. The number of unbranched alkanes of at least 4 members (excludes halogenated alkanes) is 1. The third-order valence-corrected chi connectivity index (χ3v) is 23.9. The molecule has 2 aromatic rings. The summed E-state index contributed by atoms with van der Waals surface area (Å²) in [4.78, 5) is 207. The van der Waals surface area contributed by atoms with E-state index in [4.69, 9.17) is 16.2 Å². The van der Waals surface area contributed by atoms with Crippen molar-refractivity contribution in [1.29, 1.82) is 0 Å². The van der Waals surface area contributed by atoms with E-state index in [0.717, 1.165) is 73.1 Å². The number of ketones is 6. The minimum absolute atomic E-state index is 0.0386. The summed E-state index contributed by atoms with van der Waals surface area (Å²) < 4.78 is 28.7. The molecule has 14 N–H and O–H groups in total. The van der Waals surface area contributed by atoms with Crippen LogP contribution < -0.4 is 69.4 Å². The molecular weight excluding hydrogens is 1880 g/mol. The highest BCUT2D eigenvalue weighted by molar-refractivity contribution is 7.93. The lowest BCUT2D eigenvalue weighted by atomic mass is 9.87. The summed E-state index contributed by atoms with van der Waals surface area (Å²) in [5.74, 6) is -2.42. The molecule has 0 unspecified atom stereocenters. The van der Waals surface area contributed by atoms with E-state index in [9.17, 15) is 89.9 Å². The highest BCUT2D eigenvalue weighted by Gasteiger charge is 2.36. The van der Waals surface area contributed by atoms with E-state index in [0.29, 0.717) is 112 Å². The largest absolute Gasteiger partial charge is 0.497 e. The van der Waals surface area contributed by atoms with E-state index in [-0.39, 0.29) is 170 Å². The van der Waals surface area contributed by atoms with Crippen molar-refractivity contribution in [2.45, 2.75) is 439 Å². The first-order chi connectivity index (χ1) is 67.9. The van der Waals surface area contributed by atoms with Crippen LogP contribution in [0.4, 0.5) is 0 Å². The first-order valence-electron chi connectivity index (χ1n) is 53.3. The van der Waals surface area contributed by atoms with Gasteiger partial charge in [-0.2, -0.15) is 0 Å². The molecule has 2 rings (SSSR count). The third-order valence-electron chi connectivity index (χ3n) is 23.2. The van der Waals surface area contributed by atoms with Crippen LogP contribution in [0.3, 0.4) is 0 Å². The van der Waals surface area contributed by atoms with Crippen LogP contribution in [0.5, 0.6) is 5.75 Å². The molecule has 0 saturated heterocycles. The van der Waals surface area contributed by atoms with Crippen molar-refractivity contribution in [1.82, 2.24) is 53.2 Å². The molecule has 146 heavy (non-hydrogen) atoms. The van der Waals surface area contributed by atoms with E-state index >= 15 is 0 Å². The molecule has 0 saturated carbocycles. The number of methoxy groups -OCH3 is 1. The van der Waals surface area contributed by atoms with Crippen molar-refractivity contribution in [3.8, 4) is 5.75 Å². The number of benzene rings is 2. The lowest BCUT2D eigenvalue weighted by Crippen LogP contribution is -2.46. The van der Waals surface area contributed by atoms with Crippen LogP contribution in [-0.4, -0.2) is 214 Å². The van der Waals surface area contributed by atoms with Gasteiger partial charge in [-0.15, -0.1) is 0 Å². The Kier molecular flexibility index (Phi) is 75.2. The van der Waals surface area contributed by atoms with Gasteiger partial charge in [-0.05, 0) is 161 Å². The molecule has 0 spiro atoms. The summed E-state index contributed by atoms with van der Waals surface area (Å²) in [7, 11) is -1.72. The fourth-order valence-corrected chi connectivity index (χ4v) is 17.0. The number of aldehydes is 4. The van der Waals surface area contributed by atoms with Crippen LogP contribution in [0.25, 0.3) is 0 Å². The molecule has 0 aliphatic heterocycles. The maximum atomic E-state index is 13.7. The molecule has 0 aliphatic rings. The highest BCUT2D eigenvalue weighted by Crippen LogP contribution is 2.26. The summed E-state index contributed by atoms with van der Waals surface area (Å²) in [5.41, 5.74) is 12.3. The maximum Gasteiger partial charge on any atom is 0.224 e. The first kappa shape index (κ1) is 141. The minimum atomic E-state index is -3.34. The van der Waals surface area contributed by atoms with Gasteiger partial charge in [0, 0.05) is 129 Å². The number of Topliss-reactive ketones (excluding diaryl/α,β-unsaturated/α-hetero) is 6. The third kappa shape index (κ3) is 72.2. The molecular formula is C113H196N12O20S. The number of amides is 7. The van der Waals surface area contributed by atoms with Gasteiger partial charge in [-0.1, -0.05) is 255 Å². The Morgan fingerprint density at radius 2 is 0.664 bits per heavy atom. The Morgan fingerprint density at radius 3 is 1.03 bits per heavy atom. The van der Waals surface area contributed by atoms with Crippen molar-refractivity contribution in [2.24, 2.45) is 88.4 Å². The number of primary amides is 2. The fraction of sp³-hybridized carbons (Fsp3) is 0.726. The normalized spacial score (nSPS) is 14.7. The van der Waals surface area contributed by atoms with Crippen LogP contribution >= 0.6 is 0 Å². The zero-order valence-electron chi connectivity index (χ0n) is 94.8. The number of sulfone groups is 1. The number of carbonyl (C=O) groups excluding carboxylic acids is 17. The van der Waals surface area contributed by atoms with Crippen LogP contribution in [0.2, 0.25) is 0 Å². The Hall–Kier alpha value is -9.28. The number of nitrogens with two attached hydrogens (primary N) is 2. The lowest BCUT2D eigenvalue weighted by Gasteiger charge is -2.26. The van der Waals surface area contributed by atoms with Crippen molar-refractivity contribution in [2.75, 3.05) is 13.4 Å². The lowest BCUT2D eigenvalue weighted by molar-refractivity contribution is -0.133. The van der Waals surface area contributed by atoms with Crippen molar-refractivity contribution < 1.29 is 94.7 Å². The summed E-state index contributed by atoms with van der Waals surface area (Å²) in [6.45, 7) is 57.3. The molecule has 834 valence electrons. The first-order valence-corrected chi connectivity index (χ1v) is 55.3. The van der Waals surface area contributed by atoms with Gasteiger partial charge >= 0.3 is 0 Å². The SMILES string of the molecule is CC(=O)CC[C@H](NC(C)C)C(=O)C[C@@H](C)C(=O)N[C@H](C=O)CC(C)C.CC(C)C[C@@H](C=O)NC(=O)[C@H](CCC(N)=O)CC(=O)[C@H](CC(N)=O)NC(C)C.CC(C)C[C@H](CC(=O)[C@H](CC(C)C)NC(C)C)C(=O)N[C@H](C=O)CC(C)C.CCCC[C@@H](C=O)NC(=O)[C@@H](CC(=O)[C@H](CC(C)C)NC(C)C)CC(C)C.COc1ccc(C[C@H](NC(C)C)C(=O)C[C@@H](Cc2ccccc2)C(=O)N[C@H](/C=C/S(C)(=O)=O)CC(C)C)cc1. The second-order valence-corrected chi connectivity index (χ2v) is 46.5. The average molecular weight is 2070 g/mol. The second kappa shape index (κ2) is 78.0. The van der Waals surface area contributed by atoms with Gasteiger partial charge in [-0.25, -0.2) is 8.42 Å². The molecule has 0 bridgehead atoms. The van der Waals surface area contributed by atoms with E-state index in [1.165, 1.54) is 13.0 Å². The van der Waals surface area contributed by atoms with Gasteiger partial charge < -0.3 is 93.3 Å². The monoisotopic (exact) mass is 2070 g/mol. The average Bonchev–Trinajstić information content (AvgIpc) is 0.887. The van der Waals surface area contributed by atoms with Crippen LogP contribution in [0, 0.1) is 76.9 Å². The number of nitrogens with one attached hydrogen (secondary N) is 10. The van der Waals surface area contributed by atoms with E-state index < -0.39 is 99.6 Å². The fourth-order valence-electron chi connectivity index (χ4n) is 16.6. The van der Waals surface area contributed by atoms with Crippen LogP contribution in [0.1, 0.15) is 347 Å². The molecule has 0 aromatic heterocycles. The number of hydrogen-bond donors (Lipinski definition) is 12. The zero-order valence-corrected chi connectivity index (χ0v) is 95.6. The van der Waals surface area contributed by atoms with Crippen LogP contribution in [-0.2, 0) is 104 Å². The maximum absolute atomic E-state index is 13.7. The van der Waals surface area contributed by atoms with Gasteiger partial charge in [0.2, 0.25) is 41.4 Å². The Morgan fingerprint density at radius 1 is 0.336 bits per heavy atom. The highest BCUT2D eigenvalue weighted by atomic mass is 32.2. The van der Waals surface area contributed by atoms with Gasteiger partial charge in [0.1, 0.15) is 36.7 Å². The summed E-state index contributed by atoms with van der Waals surface area (Å²) in [6, 6.07) is 13.0. The molecule has 15 atom stereocenters. The Balaban J connectivity index is -0.00000177. The predicted molar refractivity (Wildman–Crippen MR) is 584 cm³/mol.